The number of hydrogen-bond donors (Lipinski definition) is 2. The van der Waals surface area contributed by atoms with E-state index in [9.17, 15) is 18.0 Å². The molecule has 1 saturated heterocycles. The van der Waals surface area contributed by atoms with Crippen LogP contribution in [-0.2, 0) is 29.1 Å². The highest BCUT2D eigenvalue weighted by Gasteiger charge is 2.21. The molecular weight excluding hydrogens is 462 g/mol. The molecule has 3 rings (SSSR count). The number of rotatable bonds is 9. The van der Waals surface area contributed by atoms with E-state index in [4.69, 9.17) is 14.2 Å². The molecule has 182 valence electrons. The van der Waals surface area contributed by atoms with Gasteiger partial charge in [0, 0.05) is 30.9 Å². The van der Waals surface area contributed by atoms with Crippen molar-refractivity contribution in [2.75, 3.05) is 55.0 Å². The Labute approximate surface area is 198 Å². The lowest BCUT2D eigenvalue weighted by molar-refractivity contribution is -0.137. The van der Waals surface area contributed by atoms with Crippen LogP contribution in [0.2, 0.25) is 0 Å². The topological polar surface area (TPSA) is 123 Å². The van der Waals surface area contributed by atoms with Crippen LogP contribution in [-0.4, -0.2) is 60.3 Å². The van der Waals surface area contributed by atoms with Crippen molar-refractivity contribution in [1.82, 2.24) is 0 Å². The summed E-state index contributed by atoms with van der Waals surface area (Å²) in [5, 5.41) is 2.67. The Bertz CT molecular complexity index is 1140. The van der Waals surface area contributed by atoms with E-state index in [2.05, 4.69) is 10.0 Å². The quantitative estimate of drug-likeness (QED) is 0.407. The number of carbonyl (C=O) groups excluding carboxylic acids is 2. The summed E-state index contributed by atoms with van der Waals surface area (Å²) >= 11 is 0. The molecule has 0 radical (unpaired) electrons. The summed E-state index contributed by atoms with van der Waals surface area (Å²) in [4.78, 5) is 25.9. The molecule has 2 aromatic carbocycles. The fourth-order valence-electron chi connectivity index (χ4n) is 3.24. The van der Waals surface area contributed by atoms with Crippen LogP contribution in [0.3, 0.4) is 0 Å². The fraction of sp³-hybridized carbons (Fsp3) is 0.304. The summed E-state index contributed by atoms with van der Waals surface area (Å²) in [6.07, 6.45) is 2.05. The average molecular weight is 490 g/mol. The molecule has 0 aromatic heterocycles. The van der Waals surface area contributed by atoms with E-state index in [1.165, 1.54) is 19.2 Å². The molecule has 1 aliphatic rings. The van der Waals surface area contributed by atoms with Gasteiger partial charge in [-0.15, -0.1) is 0 Å². The highest BCUT2D eigenvalue weighted by atomic mass is 32.2. The van der Waals surface area contributed by atoms with Crippen molar-refractivity contribution in [1.29, 1.82) is 0 Å². The summed E-state index contributed by atoms with van der Waals surface area (Å²) in [6, 6.07) is 10.9. The zero-order chi connectivity index (χ0) is 24.6. The number of nitrogens with one attached hydrogen (secondary N) is 2. The Morgan fingerprint density at radius 3 is 2.44 bits per heavy atom. The van der Waals surface area contributed by atoms with Crippen LogP contribution >= 0.6 is 0 Å². The molecule has 1 aliphatic heterocycles. The van der Waals surface area contributed by atoms with Crippen molar-refractivity contribution in [3.8, 4) is 5.75 Å². The van der Waals surface area contributed by atoms with Crippen LogP contribution in [0.25, 0.3) is 0 Å². The SMILES string of the molecule is CCOC(=O)/C=C/C(=O)Nc1cc(S(=O)(=O)Nc2ccc(OC)cc2)ccc1N1CCOCC1. The van der Waals surface area contributed by atoms with E-state index in [1.807, 2.05) is 4.90 Å². The van der Waals surface area contributed by atoms with Gasteiger partial charge in [-0.2, -0.15) is 0 Å². The molecule has 1 amide bonds. The van der Waals surface area contributed by atoms with Crippen molar-refractivity contribution in [3.05, 3.63) is 54.6 Å². The second kappa shape index (κ2) is 11.5. The van der Waals surface area contributed by atoms with Crippen LogP contribution in [0.15, 0.2) is 59.5 Å². The summed E-state index contributed by atoms with van der Waals surface area (Å²) in [6.45, 7) is 4.03. The second-order valence-electron chi connectivity index (χ2n) is 7.19. The maximum absolute atomic E-state index is 13.0. The highest BCUT2D eigenvalue weighted by molar-refractivity contribution is 7.92. The number of hydrogen-bond acceptors (Lipinski definition) is 8. The predicted molar refractivity (Wildman–Crippen MR) is 128 cm³/mol. The Morgan fingerprint density at radius 2 is 1.79 bits per heavy atom. The van der Waals surface area contributed by atoms with Crippen LogP contribution in [0.5, 0.6) is 5.75 Å². The number of sulfonamides is 1. The third-order valence-electron chi connectivity index (χ3n) is 4.89. The van der Waals surface area contributed by atoms with Gasteiger partial charge in [-0.05, 0) is 49.4 Å². The Balaban J connectivity index is 1.88. The number of benzene rings is 2. The maximum Gasteiger partial charge on any atom is 0.330 e. The number of morpholine rings is 1. The first kappa shape index (κ1) is 25.1. The zero-order valence-corrected chi connectivity index (χ0v) is 19.8. The van der Waals surface area contributed by atoms with Gasteiger partial charge < -0.3 is 24.4 Å². The van der Waals surface area contributed by atoms with Gasteiger partial charge in [0.1, 0.15) is 5.75 Å². The molecule has 10 nitrogen and oxygen atoms in total. The fourth-order valence-corrected chi connectivity index (χ4v) is 4.33. The summed E-state index contributed by atoms with van der Waals surface area (Å²) in [5.41, 5.74) is 1.30. The largest absolute Gasteiger partial charge is 0.497 e. The first-order valence-corrected chi connectivity index (χ1v) is 12.1. The molecule has 1 heterocycles. The number of methoxy groups -OCH3 is 1. The van der Waals surface area contributed by atoms with Gasteiger partial charge in [0.2, 0.25) is 5.91 Å². The molecule has 0 aliphatic carbocycles. The Hall–Kier alpha value is -3.57. The molecule has 1 fully saturated rings. The van der Waals surface area contributed by atoms with Crippen LogP contribution in [0, 0.1) is 0 Å². The van der Waals surface area contributed by atoms with Gasteiger partial charge in [-0.25, -0.2) is 13.2 Å². The van der Waals surface area contributed by atoms with E-state index in [0.717, 1.165) is 12.2 Å². The molecule has 0 unspecified atom stereocenters. The third kappa shape index (κ3) is 6.72. The van der Waals surface area contributed by atoms with Crippen molar-refractivity contribution >= 4 is 39.0 Å². The lowest BCUT2D eigenvalue weighted by Crippen LogP contribution is -2.36. The van der Waals surface area contributed by atoms with Gasteiger partial charge in [0.15, 0.2) is 0 Å². The van der Waals surface area contributed by atoms with Crippen molar-refractivity contribution < 1.29 is 32.2 Å². The highest BCUT2D eigenvalue weighted by Crippen LogP contribution is 2.31. The van der Waals surface area contributed by atoms with E-state index in [-0.39, 0.29) is 17.2 Å². The van der Waals surface area contributed by atoms with E-state index >= 15 is 0 Å². The Morgan fingerprint density at radius 1 is 1.09 bits per heavy atom. The summed E-state index contributed by atoms with van der Waals surface area (Å²) < 4.78 is 43.8. The first-order valence-electron chi connectivity index (χ1n) is 10.6. The molecular formula is C23H27N3O7S. The molecule has 0 saturated carbocycles. The summed E-state index contributed by atoms with van der Waals surface area (Å²) in [7, 11) is -2.43. The molecule has 2 N–H and O–H groups in total. The monoisotopic (exact) mass is 489 g/mol. The minimum absolute atomic E-state index is 0.0370. The van der Waals surface area contributed by atoms with Crippen LogP contribution in [0.4, 0.5) is 17.1 Å². The zero-order valence-electron chi connectivity index (χ0n) is 18.9. The van der Waals surface area contributed by atoms with Crippen molar-refractivity contribution in [2.24, 2.45) is 0 Å². The molecule has 0 spiro atoms. The number of ether oxygens (including phenoxy) is 3. The van der Waals surface area contributed by atoms with Gasteiger partial charge in [0.05, 0.1) is 43.2 Å². The predicted octanol–water partition coefficient (Wildman–Crippen LogP) is 2.39. The molecule has 0 atom stereocenters. The second-order valence-corrected chi connectivity index (χ2v) is 8.87. The number of esters is 1. The standard InChI is InChI=1S/C23H27N3O7S/c1-3-33-23(28)11-10-22(27)24-20-16-19(8-9-21(20)26-12-14-32-15-13-26)34(29,30)25-17-4-6-18(31-2)7-5-17/h4-11,16,25H,3,12-15H2,1-2H3,(H,24,27)/b11-10+. The van der Waals surface area contributed by atoms with E-state index in [0.29, 0.717) is 43.4 Å². The molecule has 11 heteroatoms. The van der Waals surface area contributed by atoms with Gasteiger partial charge in [0.25, 0.3) is 10.0 Å². The minimum atomic E-state index is -3.95. The Kier molecular flexibility index (Phi) is 8.50. The van der Waals surface area contributed by atoms with Crippen LogP contribution < -0.4 is 19.7 Å². The van der Waals surface area contributed by atoms with Gasteiger partial charge in [-0.1, -0.05) is 0 Å². The lowest BCUT2D eigenvalue weighted by atomic mass is 10.2. The van der Waals surface area contributed by atoms with Crippen LogP contribution in [0.1, 0.15) is 6.92 Å². The first-order chi connectivity index (χ1) is 16.3. The lowest BCUT2D eigenvalue weighted by Gasteiger charge is -2.30. The number of carbonyl (C=O) groups is 2. The normalized spacial score (nSPS) is 14.0. The number of amides is 1. The smallest absolute Gasteiger partial charge is 0.330 e. The molecule has 0 bridgehead atoms. The van der Waals surface area contributed by atoms with Crippen molar-refractivity contribution in [2.45, 2.75) is 11.8 Å². The van der Waals surface area contributed by atoms with Crippen molar-refractivity contribution in [3.63, 3.8) is 0 Å². The van der Waals surface area contributed by atoms with E-state index in [1.54, 1.807) is 37.3 Å². The maximum atomic E-state index is 13.0. The van der Waals surface area contributed by atoms with E-state index < -0.39 is 21.9 Å². The minimum Gasteiger partial charge on any atom is -0.497 e. The average Bonchev–Trinajstić information content (AvgIpc) is 2.84. The molecule has 2 aromatic rings. The van der Waals surface area contributed by atoms with Gasteiger partial charge in [-0.3, -0.25) is 9.52 Å². The summed E-state index contributed by atoms with van der Waals surface area (Å²) in [5.74, 6) is -0.648. The number of nitrogens with zero attached hydrogens (tertiary/aromatic N) is 1. The third-order valence-corrected chi connectivity index (χ3v) is 6.27. The number of anilines is 3. The molecule has 34 heavy (non-hydrogen) atoms. The van der Waals surface area contributed by atoms with Gasteiger partial charge >= 0.3 is 5.97 Å².